The molecule has 0 saturated carbocycles. The lowest BCUT2D eigenvalue weighted by Gasteiger charge is -2.06. The first-order valence-corrected chi connectivity index (χ1v) is 7.86. The zero-order valence-electron chi connectivity index (χ0n) is 11.9. The molecule has 0 aliphatic heterocycles. The van der Waals surface area contributed by atoms with Crippen molar-refractivity contribution in [3.05, 3.63) is 45.4 Å². The number of thiazole rings is 1. The molecule has 1 aliphatic carbocycles. The Bertz CT molecular complexity index is 701. The predicted octanol–water partition coefficient (Wildman–Crippen LogP) is 4.09. The minimum absolute atomic E-state index is 0.627. The van der Waals surface area contributed by atoms with Gasteiger partial charge in [0.05, 0.1) is 18.4 Å². The summed E-state index contributed by atoms with van der Waals surface area (Å²) < 4.78 is 5.22. The molecule has 1 aliphatic rings. The zero-order chi connectivity index (χ0) is 14.7. The van der Waals surface area contributed by atoms with Crippen LogP contribution in [0.1, 0.15) is 34.0 Å². The number of ether oxygens (including phenoxy) is 1. The fraction of sp³-hybridized carbons (Fsp3) is 0.294. The van der Waals surface area contributed by atoms with Crippen molar-refractivity contribution in [2.45, 2.75) is 25.7 Å². The smallest absolute Gasteiger partial charge is 0.134 e. The van der Waals surface area contributed by atoms with E-state index >= 15 is 0 Å². The summed E-state index contributed by atoms with van der Waals surface area (Å²) in [6.45, 7) is 0. The highest BCUT2D eigenvalue weighted by molar-refractivity contribution is 7.13. The summed E-state index contributed by atoms with van der Waals surface area (Å²) in [6.07, 6.45) is 6.47. The standard InChI is InChI=1S/C17H16N2OS/c1-20-14-6-4-5-12(10-14)9-13(11-18)17-19-15-7-2-3-8-16(15)21-17/h4-6,9-10H,2-3,7-8H2,1H3/b13-9+. The molecule has 0 amide bonds. The average Bonchev–Trinajstić information content (AvgIpc) is 2.96. The van der Waals surface area contributed by atoms with Crippen molar-refractivity contribution in [2.24, 2.45) is 0 Å². The molecule has 0 radical (unpaired) electrons. The number of aromatic nitrogens is 1. The first kappa shape index (κ1) is 13.8. The summed E-state index contributed by atoms with van der Waals surface area (Å²) in [5.74, 6) is 0.791. The molecule has 3 nitrogen and oxygen atoms in total. The average molecular weight is 296 g/mol. The second-order valence-electron chi connectivity index (χ2n) is 5.04. The Morgan fingerprint density at radius 2 is 2.24 bits per heavy atom. The summed E-state index contributed by atoms with van der Waals surface area (Å²) in [7, 11) is 1.64. The molecule has 3 rings (SSSR count). The zero-order valence-corrected chi connectivity index (χ0v) is 12.7. The molecule has 0 unspecified atom stereocenters. The van der Waals surface area contributed by atoms with Gasteiger partial charge in [-0.2, -0.15) is 5.26 Å². The van der Waals surface area contributed by atoms with Crippen LogP contribution in [0.4, 0.5) is 0 Å². The van der Waals surface area contributed by atoms with Gasteiger partial charge in [0, 0.05) is 4.88 Å². The van der Waals surface area contributed by atoms with Crippen LogP contribution in [-0.2, 0) is 12.8 Å². The quantitative estimate of drug-likeness (QED) is 0.801. The van der Waals surface area contributed by atoms with Crippen LogP contribution in [0.25, 0.3) is 11.6 Å². The number of rotatable bonds is 3. The number of benzene rings is 1. The van der Waals surface area contributed by atoms with Gasteiger partial charge in [-0.25, -0.2) is 4.98 Å². The van der Waals surface area contributed by atoms with E-state index in [9.17, 15) is 5.26 Å². The first-order valence-electron chi connectivity index (χ1n) is 7.05. The van der Waals surface area contributed by atoms with Crippen molar-refractivity contribution in [3.63, 3.8) is 0 Å². The number of nitrogens with zero attached hydrogens (tertiary/aromatic N) is 2. The number of nitriles is 1. The van der Waals surface area contributed by atoms with Gasteiger partial charge in [0.25, 0.3) is 0 Å². The molecule has 0 fully saturated rings. The highest BCUT2D eigenvalue weighted by Gasteiger charge is 2.17. The molecule has 0 spiro atoms. The predicted molar refractivity (Wildman–Crippen MR) is 85.2 cm³/mol. The van der Waals surface area contributed by atoms with Crippen LogP contribution >= 0.6 is 11.3 Å². The fourth-order valence-electron chi connectivity index (χ4n) is 2.51. The van der Waals surface area contributed by atoms with Crippen molar-refractivity contribution in [1.29, 1.82) is 5.26 Å². The van der Waals surface area contributed by atoms with Gasteiger partial charge in [-0.05, 0) is 49.5 Å². The summed E-state index contributed by atoms with van der Waals surface area (Å²) in [5, 5.41) is 10.3. The molecular formula is C17H16N2OS. The summed E-state index contributed by atoms with van der Waals surface area (Å²) in [6, 6.07) is 9.99. The third kappa shape index (κ3) is 2.98. The minimum Gasteiger partial charge on any atom is -0.497 e. The van der Waals surface area contributed by atoms with E-state index in [-0.39, 0.29) is 0 Å². The number of fused-ring (bicyclic) bond motifs is 1. The Morgan fingerprint density at radius 3 is 3.00 bits per heavy atom. The second-order valence-corrected chi connectivity index (χ2v) is 6.13. The van der Waals surface area contributed by atoms with Crippen molar-refractivity contribution in [2.75, 3.05) is 7.11 Å². The SMILES string of the molecule is COc1cccc(/C=C(\C#N)c2nc3c(s2)CCCC3)c1. The van der Waals surface area contributed by atoms with Crippen LogP contribution in [0.2, 0.25) is 0 Å². The van der Waals surface area contributed by atoms with Crippen molar-refractivity contribution in [3.8, 4) is 11.8 Å². The number of hydrogen-bond acceptors (Lipinski definition) is 4. The van der Waals surface area contributed by atoms with Gasteiger partial charge in [0.15, 0.2) is 0 Å². The summed E-state index contributed by atoms with van der Waals surface area (Å²) in [4.78, 5) is 6.01. The van der Waals surface area contributed by atoms with E-state index in [1.54, 1.807) is 18.4 Å². The van der Waals surface area contributed by atoms with Crippen LogP contribution in [0, 0.1) is 11.3 Å². The molecular weight excluding hydrogens is 280 g/mol. The summed E-state index contributed by atoms with van der Waals surface area (Å²) in [5.41, 5.74) is 2.77. The van der Waals surface area contributed by atoms with Crippen molar-refractivity contribution >= 4 is 23.0 Å². The maximum absolute atomic E-state index is 9.45. The molecule has 1 heterocycles. The Morgan fingerprint density at radius 1 is 1.38 bits per heavy atom. The molecule has 0 saturated heterocycles. The maximum atomic E-state index is 9.45. The topological polar surface area (TPSA) is 45.9 Å². The van der Waals surface area contributed by atoms with Crippen molar-refractivity contribution < 1.29 is 4.74 Å². The van der Waals surface area contributed by atoms with E-state index in [0.717, 1.165) is 29.2 Å². The normalized spacial score (nSPS) is 14.4. The highest BCUT2D eigenvalue weighted by Crippen LogP contribution is 2.31. The monoisotopic (exact) mass is 296 g/mol. The summed E-state index contributed by atoms with van der Waals surface area (Å²) >= 11 is 1.66. The lowest BCUT2D eigenvalue weighted by atomic mass is 10.0. The molecule has 106 valence electrons. The van der Waals surface area contributed by atoms with E-state index in [1.165, 1.54) is 23.4 Å². The maximum Gasteiger partial charge on any atom is 0.134 e. The van der Waals surface area contributed by atoms with E-state index in [0.29, 0.717) is 5.57 Å². The molecule has 0 atom stereocenters. The first-order chi connectivity index (χ1) is 10.3. The van der Waals surface area contributed by atoms with Gasteiger partial charge in [-0.15, -0.1) is 11.3 Å². The van der Waals surface area contributed by atoms with Gasteiger partial charge in [-0.1, -0.05) is 12.1 Å². The largest absolute Gasteiger partial charge is 0.497 e. The minimum atomic E-state index is 0.627. The molecule has 1 aromatic carbocycles. The number of methoxy groups -OCH3 is 1. The molecule has 4 heteroatoms. The van der Waals surface area contributed by atoms with Crippen LogP contribution in [0.5, 0.6) is 5.75 Å². The van der Waals surface area contributed by atoms with E-state index in [2.05, 4.69) is 11.1 Å². The van der Waals surface area contributed by atoms with Gasteiger partial charge < -0.3 is 4.74 Å². The van der Waals surface area contributed by atoms with Crippen LogP contribution in [0.3, 0.4) is 0 Å². The van der Waals surface area contributed by atoms with Gasteiger partial charge in [0.1, 0.15) is 16.8 Å². The molecule has 21 heavy (non-hydrogen) atoms. The number of allylic oxidation sites excluding steroid dienone is 1. The van der Waals surface area contributed by atoms with E-state index in [4.69, 9.17) is 4.74 Å². The lowest BCUT2D eigenvalue weighted by molar-refractivity contribution is 0.414. The molecule has 2 aromatic rings. The van der Waals surface area contributed by atoms with Crippen LogP contribution in [0.15, 0.2) is 24.3 Å². The second kappa shape index (κ2) is 6.11. The molecule has 0 bridgehead atoms. The van der Waals surface area contributed by atoms with Gasteiger partial charge in [-0.3, -0.25) is 0 Å². The third-order valence-electron chi connectivity index (χ3n) is 3.60. The van der Waals surface area contributed by atoms with E-state index in [1.807, 2.05) is 30.3 Å². The molecule has 1 aromatic heterocycles. The fourth-order valence-corrected chi connectivity index (χ4v) is 3.62. The van der Waals surface area contributed by atoms with E-state index < -0.39 is 0 Å². The molecule has 0 N–H and O–H groups in total. The van der Waals surface area contributed by atoms with Crippen LogP contribution < -0.4 is 4.74 Å². The van der Waals surface area contributed by atoms with Gasteiger partial charge >= 0.3 is 0 Å². The Balaban J connectivity index is 1.95. The lowest BCUT2D eigenvalue weighted by Crippen LogP contribution is -1.99. The van der Waals surface area contributed by atoms with Crippen molar-refractivity contribution in [1.82, 2.24) is 4.98 Å². The highest BCUT2D eigenvalue weighted by atomic mass is 32.1. The Hall–Kier alpha value is -2.12. The Kier molecular flexibility index (Phi) is 4.03. The number of hydrogen-bond donors (Lipinski definition) is 0. The number of aryl methyl sites for hydroxylation is 2. The third-order valence-corrected chi connectivity index (χ3v) is 4.79. The van der Waals surface area contributed by atoms with Gasteiger partial charge in [0.2, 0.25) is 0 Å². The Labute approximate surface area is 128 Å². The van der Waals surface area contributed by atoms with Crippen LogP contribution in [-0.4, -0.2) is 12.1 Å².